The maximum atomic E-state index is 13.9. The molecule has 19 heavy (non-hydrogen) atoms. The Labute approximate surface area is 110 Å². The summed E-state index contributed by atoms with van der Waals surface area (Å²) in [6.07, 6.45) is 1.38. The number of ether oxygens (including phenoxy) is 1. The topological polar surface area (TPSA) is 56.3 Å². The van der Waals surface area contributed by atoms with Gasteiger partial charge in [0.2, 0.25) is 0 Å². The second-order valence-corrected chi connectivity index (χ2v) is 5.80. The quantitative estimate of drug-likeness (QED) is 0.862. The molecule has 0 aliphatic heterocycles. The van der Waals surface area contributed by atoms with Crippen molar-refractivity contribution in [2.75, 3.05) is 7.11 Å². The van der Waals surface area contributed by atoms with Crippen molar-refractivity contribution in [3.63, 3.8) is 0 Å². The van der Waals surface area contributed by atoms with E-state index in [4.69, 9.17) is 4.74 Å². The van der Waals surface area contributed by atoms with Crippen LogP contribution in [-0.4, -0.2) is 20.5 Å². The molecule has 2 rings (SSSR count). The van der Waals surface area contributed by atoms with Crippen molar-refractivity contribution in [3.05, 3.63) is 54.0 Å². The van der Waals surface area contributed by atoms with Crippen molar-refractivity contribution in [2.45, 2.75) is 10.8 Å². The number of rotatable bonds is 4. The highest BCUT2D eigenvalue weighted by atomic mass is 32.2. The van der Waals surface area contributed by atoms with E-state index in [1.54, 1.807) is 18.2 Å². The van der Waals surface area contributed by atoms with Crippen LogP contribution in [0, 0.1) is 5.82 Å². The third kappa shape index (κ3) is 2.90. The van der Waals surface area contributed by atoms with Crippen LogP contribution in [0.25, 0.3) is 0 Å². The largest absolute Gasteiger partial charge is 0.494 e. The van der Waals surface area contributed by atoms with Crippen LogP contribution in [0.4, 0.5) is 4.39 Å². The summed E-state index contributed by atoms with van der Waals surface area (Å²) >= 11 is 0. The Hall–Kier alpha value is -1.95. The van der Waals surface area contributed by atoms with E-state index in [-0.39, 0.29) is 16.3 Å². The van der Waals surface area contributed by atoms with Crippen molar-refractivity contribution in [3.8, 4) is 5.75 Å². The maximum Gasteiger partial charge on any atom is 0.199 e. The van der Waals surface area contributed by atoms with E-state index >= 15 is 0 Å². The molecule has 4 nitrogen and oxygen atoms in total. The van der Waals surface area contributed by atoms with Crippen molar-refractivity contribution >= 4 is 9.84 Å². The van der Waals surface area contributed by atoms with Gasteiger partial charge in [-0.15, -0.1) is 0 Å². The first kappa shape index (κ1) is 13.5. The number of halogens is 1. The van der Waals surface area contributed by atoms with E-state index in [9.17, 15) is 12.8 Å². The molecule has 0 bridgehead atoms. The molecule has 0 unspecified atom stereocenters. The average Bonchev–Trinajstić information content (AvgIpc) is 2.42. The van der Waals surface area contributed by atoms with Gasteiger partial charge in [0, 0.05) is 11.8 Å². The first-order valence-corrected chi connectivity index (χ1v) is 7.15. The summed E-state index contributed by atoms with van der Waals surface area (Å²) in [6, 6.07) is 8.97. The van der Waals surface area contributed by atoms with Gasteiger partial charge in [-0.3, -0.25) is 0 Å². The fourth-order valence-electron chi connectivity index (χ4n) is 1.64. The maximum absolute atomic E-state index is 13.9. The van der Waals surface area contributed by atoms with Crippen molar-refractivity contribution in [1.82, 2.24) is 4.98 Å². The summed E-state index contributed by atoms with van der Waals surface area (Å²) in [5.74, 6) is -1.09. The number of methoxy groups -OCH3 is 1. The second-order valence-electron chi connectivity index (χ2n) is 3.86. The van der Waals surface area contributed by atoms with Crippen LogP contribution in [0.2, 0.25) is 0 Å². The molecule has 0 N–H and O–H groups in total. The number of benzene rings is 1. The normalized spacial score (nSPS) is 11.3. The van der Waals surface area contributed by atoms with Gasteiger partial charge in [0.05, 0.1) is 12.9 Å². The predicted molar refractivity (Wildman–Crippen MR) is 68.1 cm³/mol. The summed E-state index contributed by atoms with van der Waals surface area (Å²) in [7, 11) is -2.34. The summed E-state index contributed by atoms with van der Waals surface area (Å²) in [5, 5.41) is -0.0720. The summed E-state index contributed by atoms with van der Waals surface area (Å²) in [5.41, 5.74) is 0.0602. The number of hydrogen-bond donors (Lipinski definition) is 0. The van der Waals surface area contributed by atoms with Crippen LogP contribution < -0.4 is 4.74 Å². The number of hydrogen-bond acceptors (Lipinski definition) is 4. The molecule has 1 heterocycles. The zero-order valence-corrected chi connectivity index (χ0v) is 11.0. The first-order valence-electron chi connectivity index (χ1n) is 5.50. The van der Waals surface area contributed by atoms with Gasteiger partial charge in [0.1, 0.15) is 0 Å². The summed E-state index contributed by atoms with van der Waals surface area (Å²) in [6.45, 7) is 0. The molecule has 2 aromatic rings. The minimum absolute atomic E-state index is 0.0220. The van der Waals surface area contributed by atoms with Crippen LogP contribution in [0.15, 0.2) is 47.6 Å². The third-order valence-electron chi connectivity index (χ3n) is 2.57. The van der Waals surface area contributed by atoms with Crippen LogP contribution in [0.5, 0.6) is 5.75 Å². The van der Waals surface area contributed by atoms with Gasteiger partial charge in [0.15, 0.2) is 26.4 Å². The van der Waals surface area contributed by atoms with Gasteiger partial charge in [-0.25, -0.2) is 17.8 Å². The Bertz CT molecular complexity index is 672. The van der Waals surface area contributed by atoms with Gasteiger partial charge in [-0.05, 0) is 18.2 Å². The molecular formula is C13H12FNO3S. The molecule has 0 atom stereocenters. The molecule has 0 amide bonds. The van der Waals surface area contributed by atoms with Gasteiger partial charge in [0.25, 0.3) is 0 Å². The van der Waals surface area contributed by atoms with Crippen LogP contribution in [-0.2, 0) is 15.6 Å². The Morgan fingerprint density at radius 2 is 2.00 bits per heavy atom. The Morgan fingerprint density at radius 3 is 2.63 bits per heavy atom. The van der Waals surface area contributed by atoms with E-state index in [0.717, 1.165) is 0 Å². The van der Waals surface area contributed by atoms with Gasteiger partial charge in [-0.1, -0.05) is 18.2 Å². The smallest absolute Gasteiger partial charge is 0.199 e. The standard InChI is InChI=1S/C13H12FNO3S/c1-18-11-6-4-5-10(13(11)14)9-19(16,17)12-7-2-3-8-15-12/h2-8H,9H2,1H3. The average molecular weight is 281 g/mol. The Balaban J connectivity index is 2.37. The SMILES string of the molecule is COc1cccc(CS(=O)(=O)c2ccccn2)c1F. The summed E-state index contributed by atoms with van der Waals surface area (Å²) < 4.78 is 42.9. The molecule has 0 aliphatic carbocycles. The van der Waals surface area contributed by atoms with Gasteiger partial charge >= 0.3 is 0 Å². The highest BCUT2D eigenvalue weighted by Crippen LogP contribution is 2.23. The fraction of sp³-hybridized carbons (Fsp3) is 0.154. The lowest BCUT2D eigenvalue weighted by atomic mass is 10.2. The number of aromatic nitrogens is 1. The van der Waals surface area contributed by atoms with E-state index in [1.165, 1.54) is 31.5 Å². The van der Waals surface area contributed by atoms with Gasteiger partial charge in [-0.2, -0.15) is 0 Å². The first-order chi connectivity index (χ1) is 9.04. The lowest BCUT2D eigenvalue weighted by Crippen LogP contribution is -2.08. The van der Waals surface area contributed by atoms with E-state index in [1.807, 2.05) is 0 Å². The van der Waals surface area contributed by atoms with Crippen molar-refractivity contribution in [1.29, 1.82) is 0 Å². The molecule has 6 heteroatoms. The molecule has 0 fully saturated rings. The Morgan fingerprint density at radius 1 is 1.21 bits per heavy atom. The minimum atomic E-state index is -3.67. The third-order valence-corrected chi connectivity index (χ3v) is 4.13. The molecule has 1 aromatic carbocycles. The summed E-state index contributed by atoms with van der Waals surface area (Å²) in [4.78, 5) is 3.78. The van der Waals surface area contributed by atoms with Crippen LogP contribution in [0.3, 0.4) is 0 Å². The highest BCUT2D eigenvalue weighted by Gasteiger charge is 2.20. The molecule has 0 aliphatic rings. The van der Waals surface area contributed by atoms with Crippen molar-refractivity contribution < 1.29 is 17.5 Å². The van der Waals surface area contributed by atoms with E-state index < -0.39 is 21.4 Å². The monoisotopic (exact) mass is 281 g/mol. The zero-order chi connectivity index (χ0) is 13.9. The second kappa shape index (κ2) is 5.36. The van der Waals surface area contributed by atoms with Crippen LogP contribution in [0.1, 0.15) is 5.56 Å². The highest BCUT2D eigenvalue weighted by molar-refractivity contribution is 7.90. The van der Waals surface area contributed by atoms with E-state index in [0.29, 0.717) is 0 Å². The predicted octanol–water partition coefficient (Wildman–Crippen LogP) is 2.20. The molecular weight excluding hydrogens is 269 g/mol. The van der Waals surface area contributed by atoms with E-state index in [2.05, 4.69) is 4.98 Å². The molecule has 0 saturated heterocycles. The molecule has 0 spiro atoms. The minimum Gasteiger partial charge on any atom is -0.494 e. The lowest BCUT2D eigenvalue weighted by Gasteiger charge is -2.07. The molecule has 1 aromatic heterocycles. The Kier molecular flexibility index (Phi) is 3.80. The number of pyridine rings is 1. The van der Waals surface area contributed by atoms with Gasteiger partial charge < -0.3 is 4.74 Å². The number of nitrogens with zero attached hydrogens (tertiary/aromatic N) is 1. The fourth-order valence-corrected chi connectivity index (χ4v) is 2.92. The van der Waals surface area contributed by atoms with Crippen molar-refractivity contribution in [2.24, 2.45) is 0 Å². The molecule has 0 radical (unpaired) electrons. The molecule has 0 saturated carbocycles. The van der Waals surface area contributed by atoms with Crippen LogP contribution >= 0.6 is 0 Å². The zero-order valence-electron chi connectivity index (χ0n) is 10.2. The number of sulfone groups is 1. The molecule has 100 valence electrons. The lowest BCUT2D eigenvalue weighted by molar-refractivity contribution is 0.385.